The van der Waals surface area contributed by atoms with Gasteiger partial charge < -0.3 is 14.9 Å². The maximum atomic E-state index is 5.88. The normalized spacial score (nSPS) is 11.1. The van der Waals surface area contributed by atoms with E-state index in [1.165, 1.54) is 0 Å². The highest BCUT2D eigenvalue weighted by molar-refractivity contribution is 14.1. The summed E-state index contributed by atoms with van der Waals surface area (Å²) in [6.45, 7) is 0.528. The molecule has 3 rings (SSSR count). The maximum absolute atomic E-state index is 5.88. The zero-order valence-electron chi connectivity index (χ0n) is 12.4. The Labute approximate surface area is 161 Å². The molecule has 24 heavy (non-hydrogen) atoms. The predicted molar refractivity (Wildman–Crippen MR) is 105 cm³/mol. The quantitative estimate of drug-likeness (QED) is 0.514. The second kappa shape index (κ2) is 7.80. The molecular formula is C17H13BrIN3O2. The van der Waals surface area contributed by atoms with Gasteiger partial charge in [0.15, 0.2) is 0 Å². The zero-order chi connectivity index (χ0) is 16.9. The van der Waals surface area contributed by atoms with Crippen LogP contribution in [-0.4, -0.2) is 10.2 Å². The molecule has 2 N–H and O–H groups in total. The number of nitrogen functional groups attached to an aromatic ring is 1. The lowest BCUT2D eigenvalue weighted by Gasteiger charge is -2.09. The average molecular weight is 498 g/mol. The van der Waals surface area contributed by atoms with Crippen LogP contribution < -0.4 is 10.5 Å². The Morgan fingerprint density at radius 2 is 1.92 bits per heavy atom. The molecule has 0 aliphatic heterocycles. The summed E-state index contributed by atoms with van der Waals surface area (Å²) in [5.41, 5.74) is 7.51. The number of nitrogens with zero attached hydrogens (tertiary/aromatic N) is 2. The van der Waals surface area contributed by atoms with E-state index in [1.807, 2.05) is 48.5 Å². The Bertz CT molecular complexity index is 863. The fraction of sp³-hybridized carbons (Fsp3) is 0.0588. The highest BCUT2D eigenvalue weighted by atomic mass is 127. The van der Waals surface area contributed by atoms with Crippen molar-refractivity contribution in [1.29, 1.82) is 0 Å². The van der Waals surface area contributed by atoms with E-state index >= 15 is 0 Å². The van der Waals surface area contributed by atoms with E-state index in [0.717, 1.165) is 24.9 Å². The van der Waals surface area contributed by atoms with Crippen molar-refractivity contribution in [2.45, 2.75) is 6.61 Å². The summed E-state index contributed by atoms with van der Waals surface area (Å²) in [7, 11) is 0. The van der Waals surface area contributed by atoms with Gasteiger partial charge in [-0.1, -0.05) is 39.2 Å². The smallest absolute Gasteiger partial charge is 0.313 e. The van der Waals surface area contributed by atoms with Crippen LogP contribution in [0.15, 0.2) is 51.4 Å². The highest BCUT2D eigenvalue weighted by Crippen LogP contribution is 2.24. The SMILES string of the molecule is Nc1nnc(/C=C/c2ccc(OCc3ccc(Br)cc3)c(I)c2)o1. The third-order valence-corrected chi connectivity index (χ3v) is 4.51. The van der Waals surface area contributed by atoms with Gasteiger partial charge in [0.1, 0.15) is 12.4 Å². The van der Waals surface area contributed by atoms with E-state index in [4.69, 9.17) is 14.9 Å². The minimum atomic E-state index is 0.0564. The third-order valence-electron chi connectivity index (χ3n) is 3.14. The van der Waals surface area contributed by atoms with Gasteiger partial charge in [0, 0.05) is 10.5 Å². The first-order valence-corrected chi connectivity index (χ1v) is 8.91. The molecule has 3 aromatic rings. The molecule has 0 saturated carbocycles. The molecule has 1 aromatic heterocycles. The highest BCUT2D eigenvalue weighted by Gasteiger charge is 2.03. The fourth-order valence-electron chi connectivity index (χ4n) is 1.96. The van der Waals surface area contributed by atoms with Gasteiger partial charge in [0.25, 0.3) is 0 Å². The van der Waals surface area contributed by atoms with E-state index in [-0.39, 0.29) is 6.01 Å². The predicted octanol–water partition coefficient (Wildman–Crippen LogP) is 4.77. The van der Waals surface area contributed by atoms with Crippen LogP contribution in [0.25, 0.3) is 12.2 Å². The Hall–Kier alpha value is -1.87. The molecule has 0 amide bonds. The van der Waals surface area contributed by atoms with Crippen LogP contribution in [0.3, 0.4) is 0 Å². The van der Waals surface area contributed by atoms with Crippen molar-refractivity contribution >= 4 is 56.7 Å². The Balaban J connectivity index is 1.65. The van der Waals surface area contributed by atoms with Crippen LogP contribution in [0.2, 0.25) is 0 Å². The Kier molecular flexibility index (Phi) is 5.52. The first-order valence-electron chi connectivity index (χ1n) is 7.04. The summed E-state index contributed by atoms with van der Waals surface area (Å²) in [4.78, 5) is 0. The van der Waals surface area contributed by atoms with E-state index < -0.39 is 0 Å². The second-order valence-corrected chi connectivity index (χ2v) is 6.99. The van der Waals surface area contributed by atoms with Gasteiger partial charge in [-0.25, -0.2) is 0 Å². The van der Waals surface area contributed by atoms with Crippen molar-refractivity contribution in [2.75, 3.05) is 5.73 Å². The summed E-state index contributed by atoms with van der Waals surface area (Å²) in [5, 5.41) is 7.39. The lowest BCUT2D eigenvalue weighted by molar-refractivity contribution is 0.304. The van der Waals surface area contributed by atoms with Gasteiger partial charge in [-0.3, -0.25) is 0 Å². The Morgan fingerprint density at radius 3 is 2.58 bits per heavy atom. The number of anilines is 1. The summed E-state index contributed by atoms with van der Waals surface area (Å²) < 4.78 is 13.1. The van der Waals surface area contributed by atoms with Crippen LogP contribution in [-0.2, 0) is 6.61 Å². The minimum Gasteiger partial charge on any atom is -0.488 e. The molecule has 122 valence electrons. The lowest BCUT2D eigenvalue weighted by atomic mass is 10.2. The van der Waals surface area contributed by atoms with Gasteiger partial charge in [0.2, 0.25) is 5.89 Å². The van der Waals surface area contributed by atoms with E-state index in [1.54, 1.807) is 6.08 Å². The van der Waals surface area contributed by atoms with Crippen molar-refractivity contribution in [1.82, 2.24) is 10.2 Å². The second-order valence-electron chi connectivity index (χ2n) is 4.92. The number of ether oxygens (including phenoxy) is 1. The molecule has 0 saturated heterocycles. The van der Waals surface area contributed by atoms with Gasteiger partial charge >= 0.3 is 6.01 Å². The topological polar surface area (TPSA) is 74.2 Å². The maximum Gasteiger partial charge on any atom is 0.313 e. The van der Waals surface area contributed by atoms with Crippen LogP contribution in [0.4, 0.5) is 6.01 Å². The number of nitrogens with two attached hydrogens (primary N) is 1. The molecule has 0 unspecified atom stereocenters. The molecule has 0 fully saturated rings. The van der Waals surface area contributed by atoms with Gasteiger partial charge in [-0.05, 0) is 64.1 Å². The average Bonchev–Trinajstić information content (AvgIpc) is 2.99. The molecule has 0 atom stereocenters. The van der Waals surface area contributed by atoms with Crippen molar-refractivity contribution in [3.63, 3.8) is 0 Å². The monoisotopic (exact) mass is 497 g/mol. The summed E-state index contributed by atoms with van der Waals surface area (Å²) >= 11 is 5.68. The molecule has 0 aliphatic carbocycles. The standard InChI is InChI=1S/C17H13BrIN3O2/c18-13-5-1-12(2-6-13)10-23-15-7-3-11(9-14(15)19)4-8-16-21-22-17(20)24-16/h1-9H,10H2,(H2,20,22)/b8-4+. The molecule has 0 bridgehead atoms. The van der Waals surface area contributed by atoms with E-state index in [2.05, 4.69) is 48.7 Å². The zero-order valence-corrected chi connectivity index (χ0v) is 16.2. The van der Waals surface area contributed by atoms with Crippen molar-refractivity contribution in [3.8, 4) is 5.75 Å². The summed E-state index contributed by atoms with van der Waals surface area (Å²) in [6, 6.07) is 14.1. The summed E-state index contributed by atoms with van der Waals surface area (Å²) in [5.74, 6) is 1.22. The van der Waals surface area contributed by atoms with Crippen LogP contribution in [0.1, 0.15) is 17.0 Å². The van der Waals surface area contributed by atoms with Crippen LogP contribution in [0, 0.1) is 3.57 Å². The van der Waals surface area contributed by atoms with Crippen molar-refractivity contribution in [2.24, 2.45) is 0 Å². The third kappa shape index (κ3) is 4.57. The van der Waals surface area contributed by atoms with Gasteiger partial charge in [-0.15, -0.1) is 5.10 Å². The lowest BCUT2D eigenvalue weighted by Crippen LogP contribution is -1.97. The van der Waals surface area contributed by atoms with Crippen molar-refractivity contribution in [3.05, 3.63) is 67.5 Å². The molecule has 7 heteroatoms. The van der Waals surface area contributed by atoms with Crippen LogP contribution >= 0.6 is 38.5 Å². The number of benzene rings is 2. The number of hydrogen-bond donors (Lipinski definition) is 1. The number of hydrogen-bond acceptors (Lipinski definition) is 5. The summed E-state index contributed by atoms with van der Waals surface area (Å²) in [6.07, 6.45) is 3.60. The molecule has 2 aromatic carbocycles. The molecule has 0 spiro atoms. The van der Waals surface area contributed by atoms with Gasteiger partial charge in [0.05, 0.1) is 3.57 Å². The molecule has 0 aliphatic rings. The first-order chi connectivity index (χ1) is 11.6. The first kappa shape index (κ1) is 17.0. The van der Waals surface area contributed by atoms with Crippen molar-refractivity contribution < 1.29 is 9.15 Å². The number of halogens is 2. The minimum absolute atomic E-state index is 0.0564. The van der Waals surface area contributed by atoms with Crippen LogP contribution in [0.5, 0.6) is 5.75 Å². The number of rotatable bonds is 5. The molecule has 5 nitrogen and oxygen atoms in total. The van der Waals surface area contributed by atoms with Gasteiger partial charge in [-0.2, -0.15) is 0 Å². The molecular weight excluding hydrogens is 485 g/mol. The molecule has 0 radical (unpaired) electrons. The Morgan fingerprint density at radius 1 is 1.12 bits per heavy atom. The number of aromatic nitrogens is 2. The largest absolute Gasteiger partial charge is 0.488 e. The van der Waals surface area contributed by atoms with E-state index in [0.29, 0.717) is 12.5 Å². The molecule has 1 heterocycles. The fourth-order valence-corrected chi connectivity index (χ4v) is 2.92. The van der Waals surface area contributed by atoms with E-state index in [9.17, 15) is 0 Å².